The Balaban J connectivity index is 2.68. The number of carboxylic acid groups (broad SMARTS) is 1. The topological polar surface area (TPSA) is 191 Å². The number of aromatic hydroxyl groups is 1. The zero-order valence-corrected chi connectivity index (χ0v) is 18.7. The van der Waals surface area contributed by atoms with E-state index < -0.39 is 54.5 Å². The van der Waals surface area contributed by atoms with Crippen LogP contribution in [0.3, 0.4) is 0 Å². The summed E-state index contributed by atoms with van der Waals surface area (Å²) < 4.78 is 0. The maximum Gasteiger partial charge on any atom is 0.326 e. The lowest BCUT2D eigenvalue weighted by Gasteiger charge is -2.23. The number of carboxylic acids is 1. The minimum Gasteiger partial charge on any atom is -0.508 e. The normalized spacial score (nSPS) is 14.5. The molecule has 4 atom stereocenters. The largest absolute Gasteiger partial charge is 0.508 e. The van der Waals surface area contributed by atoms with Crippen LogP contribution >= 0.6 is 11.8 Å². The summed E-state index contributed by atoms with van der Waals surface area (Å²) in [5.74, 6) is -2.79. The Hall–Kier alpha value is -2.83. The van der Waals surface area contributed by atoms with Crippen molar-refractivity contribution in [1.29, 1.82) is 0 Å². The van der Waals surface area contributed by atoms with Crippen LogP contribution < -0.4 is 21.7 Å². The van der Waals surface area contributed by atoms with Gasteiger partial charge in [0, 0.05) is 6.42 Å². The molecular formula is C20H30N4O7S. The van der Waals surface area contributed by atoms with Crippen LogP contribution in [-0.2, 0) is 25.6 Å². The molecule has 0 bridgehead atoms. The zero-order chi connectivity index (χ0) is 24.3. The van der Waals surface area contributed by atoms with E-state index in [1.165, 1.54) is 43.0 Å². The summed E-state index contributed by atoms with van der Waals surface area (Å²) in [7, 11) is 0. The first-order valence-corrected chi connectivity index (χ1v) is 11.2. The average molecular weight is 471 g/mol. The van der Waals surface area contributed by atoms with Crippen LogP contribution in [-0.4, -0.2) is 81.8 Å². The number of phenols is 1. The molecule has 0 fully saturated rings. The van der Waals surface area contributed by atoms with E-state index in [1.54, 1.807) is 0 Å². The third-order valence-electron chi connectivity index (χ3n) is 4.47. The van der Waals surface area contributed by atoms with Crippen LogP contribution in [0.5, 0.6) is 5.75 Å². The molecule has 12 heteroatoms. The summed E-state index contributed by atoms with van der Waals surface area (Å²) in [6.45, 7) is 0.801. The SMILES string of the molecule is CSCCC(N)C(=O)NCC(=O)NC(C(=O)NC(Cc1ccc(O)cc1)C(=O)O)C(C)O. The summed E-state index contributed by atoms with van der Waals surface area (Å²) in [4.78, 5) is 48.1. The molecule has 0 spiro atoms. The number of amides is 3. The van der Waals surface area contributed by atoms with E-state index in [-0.39, 0.29) is 12.2 Å². The molecule has 0 radical (unpaired) electrons. The highest BCUT2D eigenvalue weighted by Crippen LogP contribution is 2.11. The van der Waals surface area contributed by atoms with Crippen molar-refractivity contribution in [2.24, 2.45) is 5.73 Å². The van der Waals surface area contributed by atoms with Gasteiger partial charge < -0.3 is 37.0 Å². The molecule has 3 amide bonds. The van der Waals surface area contributed by atoms with Gasteiger partial charge in [0.1, 0.15) is 17.8 Å². The van der Waals surface area contributed by atoms with Crippen molar-refractivity contribution in [3.63, 3.8) is 0 Å². The predicted molar refractivity (Wildman–Crippen MR) is 119 cm³/mol. The summed E-state index contributed by atoms with van der Waals surface area (Å²) in [5.41, 5.74) is 6.26. The average Bonchev–Trinajstić information content (AvgIpc) is 2.74. The van der Waals surface area contributed by atoms with Gasteiger partial charge >= 0.3 is 5.97 Å². The number of hydrogen-bond donors (Lipinski definition) is 7. The minimum atomic E-state index is -1.44. The molecular weight excluding hydrogens is 440 g/mol. The number of nitrogens with one attached hydrogen (secondary N) is 3. The Kier molecular flexibility index (Phi) is 11.5. The van der Waals surface area contributed by atoms with Crippen LogP contribution in [0.4, 0.5) is 0 Å². The highest BCUT2D eigenvalue weighted by atomic mass is 32.2. The number of thioether (sulfide) groups is 1. The molecule has 0 aliphatic rings. The number of aliphatic carboxylic acids is 1. The van der Waals surface area contributed by atoms with E-state index in [2.05, 4.69) is 16.0 Å². The number of benzene rings is 1. The number of nitrogens with two attached hydrogens (primary N) is 1. The molecule has 0 heterocycles. The van der Waals surface area contributed by atoms with Crippen molar-refractivity contribution in [2.75, 3.05) is 18.6 Å². The monoisotopic (exact) mass is 470 g/mol. The fourth-order valence-corrected chi connectivity index (χ4v) is 3.12. The number of hydrogen-bond acceptors (Lipinski definition) is 8. The smallest absolute Gasteiger partial charge is 0.326 e. The van der Waals surface area contributed by atoms with Gasteiger partial charge in [0.2, 0.25) is 17.7 Å². The quantitative estimate of drug-likeness (QED) is 0.181. The zero-order valence-electron chi connectivity index (χ0n) is 17.9. The van der Waals surface area contributed by atoms with E-state index in [0.717, 1.165) is 0 Å². The molecule has 8 N–H and O–H groups in total. The number of carbonyl (C=O) groups is 4. The molecule has 1 aromatic carbocycles. The predicted octanol–water partition coefficient (Wildman–Crippen LogP) is -1.43. The van der Waals surface area contributed by atoms with Gasteiger partial charge in [0.05, 0.1) is 18.7 Å². The number of phenolic OH excluding ortho intramolecular Hbond substituents is 1. The summed E-state index contributed by atoms with van der Waals surface area (Å²) >= 11 is 1.53. The fourth-order valence-electron chi connectivity index (χ4n) is 2.63. The van der Waals surface area contributed by atoms with Crippen molar-refractivity contribution in [2.45, 2.75) is 44.0 Å². The second-order valence-electron chi connectivity index (χ2n) is 7.16. The fraction of sp³-hybridized carbons (Fsp3) is 0.500. The lowest BCUT2D eigenvalue weighted by molar-refractivity contribution is -0.142. The Morgan fingerprint density at radius 1 is 1.09 bits per heavy atom. The van der Waals surface area contributed by atoms with Gasteiger partial charge in [0.15, 0.2) is 0 Å². The summed E-state index contributed by atoms with van der Waals surface area (Å²) in [5, 5.41) is 35.6. The van der Waals surface area contributed by atoms with Gasteiger partial charge in [-0.15, -0.1) is 0 Å². The van der Waals surface area contributed by atoms with Crippen LogP contribution in [0.2, 0.25) is 0 Å². The van der Waals surface area contributed by atoms with E-state index >= 15 is 0 Å². The molecule has 0 saturated carbocycles. The second-order valence-corrected chi connectivity index (χ2v) is 8.15. The molecule has 0 aliphatic heterocycles. The molecule has 4 unspecified atom stereocenters. The maximum absolute atomic E-state index is 12.5. The van der Waals surface area contributed by atoms with Crippen molar-refractivity contribution < 1.29 is 34.5 Å². The molecule has 11 nitrogen and oxygen atoms in total. The second kappa shape index (κ2) is 13.6. The highest BCUT2D eigenvalue weighted by Gasteiger charge is 2.30. The lowest BCUT2D eigenvalue weighted by atomic mass is 10.0. The lowest BCUT2D eigenvalue weighted by Crippen LogP contribution is -2.57. The van der Waals surface area contributed by atoms with Crippen molar-refractivity contribution in [1.82, 2.24) is 16.0 Å². The van der Waals surface area contributed by atoms with Gasteiger partial charge in [0.25, 0.3) is 0 Å². The third-order valence-corrected chi connectivity index (χ3v) is 5.11. The molecule has 0 saturated heterocycles. The van der Waals surface area contributed by atoms with Gasteiger partial charge in [-0.25, -0.2) is 4.79 Å². The first-order valence-electron chi connectivity index (χ1n) is 9.85. The first-order chi connectivity index (χ1) is 15.0. The number of carbonyl (C=O) groups excluding carboxylic acids is 3. The van der Waals surface area contributed by atoms with E-state index in [0.29, 0.717) is 17.7 Å². The van der Waals surface area contributed by atoms with Gasteiger partial charge in [-0.1, -0.05) is 12.1 Å². The van der Waals surface area contributed by atoms with E-state index in [1.807, 2.05) is 6.26 Å². The maximum atomic E-state index is 12.5. The highest BCUT2D eigenvalue weighted by molar-refractivity contribution is 7.98. The number of aliphatic hydroxyl groups is 1. The van der Waals surface area contributed by atoms with Gasteiger partial charge in [-0.2, -0.15) is 11.8 Å². The molecule has 178 valence electrons. The summed E-state index contributed by atoms with van der Waals surface area (Å²) in [6, 6.07) is 2.25. The van der Waals surface area contributed by atoms with Crippen LogP contribution in [0, 0.1) is 0 Å². The van der Waals surface area contributed by atoms with Crippen LogP contribution in [0.1, 0.15) is 18.9 Å². The molecule has 0 aromatic heterocycles. The Morgan fingerprint density at radius 2 is 1.72 bits per heavy atom. The number of rotatable bonds is 13. The Labute approximate surface area is 190 Å². The van der Waals surface area contributed by atoms with E-state index in [9.17, 15) is 34.5 Å². The van der Waals surface area contributed by atoms with Gasteiger partial charge in [-0.05, 0) is 43.0 Å². The third kappa shape index (κ3) is 9.54. The van der Waals surface area contributed by atoms with Crippen LogP contribution in [0.25, 0.3) is 0 Å². The van der Waals surface area contributed by atoms with Crippen LogP contribution in [0.15, 0.2) is 24.3 Å². The Bertz CT molecular complexity index is 789. The van der Waals surface area contributed by atoms with Crippen molar-refractivity contribution >= 4 is 35.5 Å². The molecule has 0 aliphatic carbocycles. The molecule has 1 aromatic rings. The van der Waals surface area contributed by atoms with E-state index in [4.69, 9.17) is 5.73 Å². The van der Waals surface area contributed by atoms with Crippen molar-refractivity contribution in [3.8, 4) is 5.75 Å². The van der Waals surface area contributed by atoms with Gasteiger partial charge in [-0.3, -0.25) is 14.4 Å². The number of aliphatic hydroxyl groups excluding tert-OH is 1. The summed E-state index contributed by atoms with van der Waals surface area (Å²) in [6.07, 6.45) is 0.900. The molecule has 1 rings (SSSR count). The minimum absolute atomic E-state index is 0.0128. The van der Waals surface area contributed by atoms with Crippen molar-refractivity contribution in [3.05, 3.63) is 29.8 Å². The Morgan fingerprint density at radius 3 is 2.25 bits per heavy atom. The standard InChI is InChI=1S/C20H30N4O7S/c1-11(25)17(24-16(27)10-22-18(28)14(21)7-8-32-2)19(29)23-15(20(30)31)9-12-3-5-13(26)6-4-12/h3-6,11,14-15,17,25-26H,7-10,21H2,1-2H3,(H,22,28)(H,23,29)(H,24,27)(H,30,31). The molecule has 32 heavy (non-hydrogen) atoms. The first kappa shape index (κ1) is 27.2.